The zero-order valence-electron chi connectivity index (χ0n) is 22.0. The number of hydrogen-bond donors (Lipinski definition) is 0. The Kier molecular flexibility index (Phi) is 9.03. The van der Waals surface area contributed by atoms with Gasteiger partial charge in [-0.2, -0.15) is 0 Å². The van der Waals surface area contributed by atoms with Crippen LogP contribution in [0, 0.1) is 18.6 Å². The summed E-state index contributed by atoms with van der Waals surface area (Å²) in [5.41, 5.74) is 4.95. The molecule has 4 rings (SSSR count). The summed E-state index contributed by atoms with van der Waals surface area (Å²) >= 11 is 0. The van der Waals surface area contributed by atoms with E-state index >= 15 is 0 Å². The van der Waals surface area contributed by atoms with Gasteiger partial charge in [-0.1, -0.05) is 72.8 Å². The summed E-state index contributed by atoms with van der Waals surface area (Å²) in [6, 6.07) is 29.4. The Labute approximate surface area is 223 Å². The molecule has 3 nitrogen and oxygen atoms in total. The molecule has 0 spiro atoms. The average Bonchev–Trinajstić information content (AvgIpc) is 2.92. The summed E-state index contributed by atoms with van der Waals surface area (Å²) in [5, 5.41) is 0. The molecular weight excluding hydrogens is 480 g/mol. The summed E-state index contributed by atoms with van der Waals surface area (Å²) in [6.07, 6.45) is 0.131. The molecule has 0 N–H and O–H groups in total. The maximum atomic E-state index is 14.8. The van der Waals surface area contributed by atoms with Gasteiger partial charge in [0.1, 0.15) is 11.6 Å². The highest BCUT2D eigenvalue weighted by atomic mass is 19.1. The second-order valence-electron chi connectivity index (χ2n) is 9.47. The van der Waals surface area contributed by atoms with Crippen LogP contribution in [0.1, 0.15) is 54.6 Å². The fourth-order valence-electron chi connectivity index (χ4n) is 4.88. The normalized spacial score (nSPS) is 12.8. The Hall–Kier alpha value is -3.83. The van der Waals surface area contributed by atoms with Crippen molar-refractivity contribution in [1.29, 1.82) is 0 Å². The third kappa shape index (κ3) is 6.53. The molecule has 4 aromatic rings. The number of carbonyl (C=O) groups is 1. The molecule has 4 aromatic carbocycles. The number of nitrogens with zero attached hydrogens (tertiary/aromatic N) is 1. The van der Waals surface area contributed by atoms with Crippen LogP contribution in [0.5, 0.6) is 0 Å². The SMILES string of the molecule is CCOC(=O)C[C@@H](c1ccc(C)c(-c2ccc(F)cc2F)c1)N(Cc1ccccc1)[C@H](C)c1ccccc1. The van der Waals surface area contributed by atoms with Crippen molar-refractivity contribution >= 4 is 5.97 Å². The lowest BCUT2D eigenvalue weighted by atomic mass is 9.91. The molecule has 0 aliphatic heterocycles. The van der Waals surface area contributed by atoms with E-state index in [2.05, 4.69) is 36.1 Å². The molecule has 0 fully saturated rings. The number of ether oxygens (including phenoxy) is 1. The molecule has 196 valence electrons. The number of rotatable bonds is 10. The van der Waals surface area contributed by atoms with Crippen molar-refractivity contribution in [2.45, 2.75) is 45.8 Å². The number of halogens is 2. The lowest BCUT2D eigenvalue weighted by Crippen LogP contribution is -2.33. The van der Waals surface area contributed by atoms with Crippen molar-refractivity contribution in [3.63, 3.8) is 0 Å². The molecule has 0 saturated carbocycles. The fraction of sp³-hybridized carbons (Fsp3) is 0.242. The van der Waals surface area contributed by atoms with E-state index in [0.29, 0.717) is 24.3 Å². The Morgan fingerprint density at radius 3 is 2.18 bits per heavy atom. The first-order valence-electron chi connectivity index (χ1n) is 12.9. The number of esters is 1. The first-order valence-corrected chi connectivity index (χ1v) is 12.9. The van der Waals surface area contributed by atoms with Crippen molar-refractivity contribution in [3.8, 4) is 11.1 Å². The van der Waals surface area contributed by atoms with Crippen LogP contribution in [0.15, 0.2) is 97.1 Å². The summed E-state index contributed by atoms with van der Waals surface area (Å²) in [4.78, 5) is 15.2. The minimum absolute atomic E-state index is 0.0388. The molecule has 0 radical (unpaired) electrons. The first kappa shape index (κ1) is 27.2. The van der Waals surface area contributed by atoms with Crippen LogP contribution in [0.3, 0.4) is 0 Å². The van der Waals surface area contributed by atoms with Crippen molar-refractivity contribution in [1.82, 2.24) is 4.90 Å². The van der Waals surface area contributed by atoms with E-state index in [1.54, 1.807) is 6.92 Å². The van der Waals surface area contributed by atoms with Crippen LogP contribution in [0.4, 0.5) is 8.78 Å². The second-order valence-corrected chi connectivity index (χ2v) is 9.47. The molecule has 0 unspecified atom stereocenters. The maximum Gasteiger partial charge on any atom is 0.307 e. The number of hydrogen-bond acceptors (Lipinski definition) is 3. The van der Waals surface area contributed by atoms with Gasteiger partial charge in [-0.15, -0.1) is 0 Å². The van der Waals surface area contributed by atoms with E-state index in [1.807, 2.05) is 61.5 Å². The predicted octanol–water partition coefficient (Wildman–Crippen LogP) is 8.20. The van der Waals surface area contributed by atoms with E-state index in [0.717, 1.165) is 28.3 Å². The molecule has 5 heteroatoms. The third-order valence-electron chi connectivity index (χ3n) is 6.92. The van der Waals surface area contributed by atoms with Gasteiger partial charge in [0, 0.05) is 30.3 Å². The first-order chi connectivity index (χ1) is 18.4. The van der Waals surface area contributed by atoms with Crippen LogP contribution >= 0.6 is 0 Å². The van der Waals surface area contributed by atoms with Gasteiger partial charge in [0.2, 0.25) is 0 Å². The molecule has 38 heavy (non-hydrogen) atoms. The highest BCUT2D eigenvalue weighted by molar-refractivity contribution is 5.72. The van der Waals surface area contributed by atoms with Gasteiger partial charge >= 0.3 is 5.97 Å². The lowest BCUT2D eigenvalue weighted by Gasteiger charge is -2.37. The van der Waals surface area contributed by atoms with Crippen LogP contribution < -0.4 is 0 Å². The van der Waals surface area contributed by atoms with Crippen LogP contribution in [0.25, 0.3) is 11.1 Å². The van der Waals surface area contributed by atoms with Crippen LogP contribution in [-0.4, -0.2) is 17.5 Å². The number of benzene rings is 4. The molecule has 0 bridgehead atoms. The topological polar surface area (TPSA) is 29.5 Å². The monoisotopic (exact) mass is 513 g/mol. The Balaban J connectivity index is 1.84. The molecule has 0 aromatic heterocycles. The van der Waals surface area contributed by atoms with E-state index in [-0.39, 0.29) is 24.5 Å². The van der Waals surface area contributed by atoms with E-state index in [4.69, 9.17) is 4.74 Å². The van der Waals surface area contributed by atoms with Gasteiger partial charge in [-0.3, -0.25) is 9.69 Å². The molecule has 0 saturated heterocycles. The molecular formula is C33H33F2NO2. The predicted molar refractivity (Wildman–Crippen MR) is 147 cm³/mol. The average molecular weight is 514 g/mol. The smallest absolute Gasteiger partial charge is 0.307 e. The Morgan fingerprint density at radius 1 is 0.842 bits per heavy atom. The fourth-order valence-corrected chi connectivity index (χ4v) is 4.88. The van der Waals surface area contributed by atoms with Gasteiger partial charge in [-0.25, -0.2) is 8.78 Å². The van der Waals surface area contributed by atoms with Gasteiger partial charge in [0.25, 0.3) is 0 Å². The highest BCUT2D eigenvalue weighted by Crippen LogP contribution is 2.37. The summed E-state index contributed by atoms with van der Waals surface area (Å²) in [5.74, 6) is -1.54. The van der Waals surface area contributed by atoms with Crippen molar-refractivity contribution < 1.29 is 18.3 Å². The van der Waals surface area contributed by atoms with Crippen LogP contribution in [0.2, 0.25) is 0 Å². The largest absolute Gasteiger partial charge is 0.466 e. The van der Waals surface area contributed by atoms with Crippen LogP contribution in [-0.2, 0) is 16.1 Å². The molecule has 0 aliphatic rings. The second kappa shape index (κ2) is 12.6. The van der Waals surface area contributed by atoms with Crippen molar-refractivity contribution in [2.24, 2.45) is 0 Å². The lowest BCUT2D eigenvalue weighted by molar-refractivity contribution is -0.145. The molecule has 0 aliphatic carbocycles. The van der Waals surface area contributed by atoms with Gasteiger partial charge in [0.15, 0.2) is 0 Å². The standard InChI is InChI=1S/C33H33F2NO2/c1-4-38-33(37)21-32(27-16-15-23(2)30(19-27)29-18-17-28(34)20-31(29)35)36(22-25-11-7-5-8-12-25)24(3)26-13-9-6-10-14-26/h5-20,24,32H,4,21-22H2,1-3H3/t24-,32+/m1/s1. The minimum atomic E-state index is -0.619. The van der Waals surface area contributed by atoms with Gasteiger partial charge < -0.3 is 4.74 Å². The number of aryl methyl sites for hydroxylation is 1. The number of carbonyl (C=O) groups excluding carboxylic acids is 1. The summed E-state index contributed by atoms with van der Waals surface area (Å²) in [7, 11) is 0. The summed E-state index contributed by atoms with van der Waals surface area (Å²) in [6.45, 7) is 6.71. The summed E-state index contributed by atoms with van der Waals surface area (Å²) < 4.78 is 33.9. The zero-order valence-corrected chi connectivity index (χ0v) is 22.0. The highest BCUT2D eigenvalue weighted by Gasteiger charge is 2.29. The quantitative estimate of drug-likeness (QED) is 0.200. The minimum Gasteiger partial charge on any atom is -0.466 e. The third-order valence-corrected chi connectivity index (χ3v) is 6.92. The molecule has 0 heterocycles. The Bertz CT molecular complexity index is 1360. The van der Waals surface area contributed by atoms with Crippen molar-refractivity contribution in [3.05, 3.63) is 131 Å². The zero-order chi connectivity index (χ0) is 27.1. The van der Waals surface area contributed by atoms with E-state index < -0.39 is 11.6 Å². The van der Waals surface area contributed by atoms with Crippen molar-refractivity contribution in [2.75, 3.05) is 6.61 Å². The molecule has 2 atom stereocenters. The van der Waals surface area contributed by atoms with E-state index in [9.17, 15) is 13.6 Å². The molecule has 0 amide bonds. The van der Waals surface area contributed by atoms with E-state index in [1.165, 1.54) is 12.1 Å². The van der Waals surface area contributed by atoms with Gasteiger partial charge in [-0.05, 0) is 66.8 Å². The maximum absolute atomic E-state index is 14.8. The Morgan fingerprint density at radius 2 is 1.53 bits per heavy atom. The van der Waals surface area contributed by atoms with Gasteiger partial charge in [0.05, 0.1) is 13.0 Å².